The van der Waals surface area contributed by atoms with Gasteiger partial charge in [-0.1, -0.05) is 17.3 Å². The molecule has 2 heterocycles. The van der Waals surface area contributed by atoms with Crippen molar-refractivity contribution in [1.82, 2.24) is 30.7 Å². The van der Waals surface area contributed by atoms with Crippen LogP contribution >= 0.6 is 0 Å². The Kier molecular flexibility index (Phi) is 5.08. The van der Waals surface area contributed by atoms with Crippen LogP contribution < -0.4 is 11.2 Å². The topological polar surface area (TPSA) is 167 Å². The first-order valence-electron chi connectivity index (χ1n) is 7.67. The number of hydrogen-bond acceptors (Lipinski definition) is 10. The number of nitrogens with one attached hydrogen (secondary N) is 1. The summed E-state index contributed by atoms with van der Waals surface area (Å²) in [5.74, 6) is -0.645. The predicted octanol–water partition coefficient (Wildman–Crippen LogP) is 0.239. The van der Waals surface area contributed by atoms with Crippen LogP contribution in [-0.2, 0) is 11.3 Å². The maximum absolute atomic E-state index is 12.7. The van der Waals surface area contributed by atoms with Crippen molar-refractivity contribution in [2.75, 3.05) is 12.8 Å². The number of carbonyl (C=O) groups is 1. The number of amides is 1. The highest BCUT2D eigenvalue weighted by Gasteiger charge is 2.25. The van der Waals surface area contributed by atoms with E-state index in [1.165, 1.54) is 13.2 Å². The molecule has 12 nitrogen and oxygen atoms in total. The van der Waals surface area contributed by atoms with Crippen molar-refractivity contribution in [3.05, 3.63) is 41.2 Å². The Morgan fingerprint density at radius 2 is 2.19 bits per heavy atom. The monoisotopic (exact) mass is 372 g/mol. The fraction of sp³-hybridized carbons (Fsp3) is 0.200. The third-order valence-corrected chi connectivity index (χ3v) is 3.55. The number of nitrogens with two attached hydrogens (primary N) is 1. The summed E-state index contributed by atoms with van der Waals surface area (Å²) in [6, 6.07) is 6.62. The standard InChI is InChI=1S/C15H16N8O4/c1-8(9-5-3-4-6-11(9)24)17-19-15(25)12-10(7-26-2)18-22-23(12)14-13(16)20-27-21-14/h3-6,24H,7H2,1-2H3,(H2,16,20)(H,19,25). The van der Waals surface area contributed by atoms with Gasteiger partial charge < -0.3 is 15.6 Å². The lowest BCUT2D eigenvalue weighted by Gasteiger charge is -2.06. The summed E-state index contributed by atoms with van der Waals surface area (Å²) in [4.78, 5) is 12.7. The van der Waals surface area contributed by atoms with Gasteiger partial charge in [0.1, 0.15) is 11.4 Å². The first-order valence-corrected chi connectivity index (χ1v) is 7.67. The van der Waals surface area contributed by atoms with E-state index in [0.717, 1.165) is 4.68 Å². The van der Waals surface area contributed by atoms with E-state index in [2.05, 4.69) is 35.8 Å². The summed E-state index contributed by atoms with van der Waals surface area (Å²) in [6.45, 7) is 1.66. The van der Waals surface area contributed by atoms with Gasteiger partial charge in [-0.05, 0) is 29.4 Å². The van der Waals surface area contributed by atoms with Crippen LogP contribution in [0.1, 0.15) is 28.7 Å². The van der Waals surface area contributed by atoms with E-state index >= 15 is 0 Å². The summed E-state index contributed by atoms with van der Waals surface area (Å²) >= 11 is 0. The molecule has 12 heteroatoms. The Hall–Kier alpha value is -3.80. The van der Waals surface area contributed by atoms with E-state index in [4.69, 9.17) is 10.5 Å². The number of benzene rings is 1. The first-order chi connectivity index (χ1) is 13.0. The number of hydrazone groups is 1. The average Bonchev–Trinajstić information content (AvgIpc) is 3.26. The van der Waals surface area contributed by atoms with Crippen LogP contribution in [0.2, 0.25) is 0 Å². The zero-order valence-electron chi connectivity index (χ0n) is 14.4. The fourth-order valence-corrected chi connectivity index (χ4v) is 2.29. The van der Waals surface area contributed by atoms with Crippen molar-refractivity contribution in [3.63, 3.8) is 0 Å². The number of rotatable bonds is 6. The zero-order chi connectivity index (χ0) is 19.4. The number of aromatic hydroxyl groups is 1. The molecule has 0 aliphatic rings. The van der Waals surface area contributed by atoms with Crippen LogP contribution in [-0.4, -0.2) is 49.1 Å². The summed E-state index contributed by atoms with van der Waals surface area (Å²) in [6.07, 6.45) is 0. The summed E-state index contributed by atoms with van der Waals surface area (Å²) in [5, 5.41) is 28.7. The van der Waals surface area contributed by atoms with Crippen LogP contribution in [0.3, 0.4) is 0 Å². The molecule has 0 unspecified atom stereocenters. The number of nitrogen functional groups attached to an aromatic ring is 1. The van der Waals surface area contributed by atoms with Crippen molar-refractivity contribution in [2.45, 2.75) is 13.5 Å². The number of phenolic OH excluding ortho intramolecular Hbond substituents is 1. The van der Waals surface area contributed by atoms with Gasteiger partial charge in [-0.15, -0.1) is 5.10 Å². The highest BCUT2D eigenvalue weighted by atomic mass is 16.6. The number of phenols is 1. The molecule has 0 radical (unpaired) electrons. The maximum Gasteiger partial charge on any atom is 0.292 e. The normalized spacial score (nSPS) is 11.6. The Morgan fingerprint density at radius 3 is 2.85 bits per heavy atom. The maximum atomic E-state index is 12.7. The molecule has 0 aliphatic heterocycles. The average molecular weight is 372 g/mol. The molecule has 0 atom stereocenters. The molecule has 0 spiro atoms. The number of ether oxygens (including phenoxy) is 1. The smallest absolute Gasteiger partial charge is 0.292 e. The summed E-state index contributed by atoms with van der Waals surface area (Å²) in [7, 11) is 1.45. The molecule has 140 valence electrons. The molecule has 0 bridgehead atoms. The summed E-state index contributed by atoms with van der Waals surface area (Å²) in [5.41, 5.74) is 9.19. The fourth-order valence-electron chi connectivity index (χ4n) is 2.29. The van der Waals surface area contributed by atoms with Gasteiger partial charge in [-0.3, -0.25) is 4.79 Å². The van der Waals surface area contributed by atoms with E-state index in [9.17, 15) is 9.90 Å². The number of methoxy groups -OCH3 is 1. The quantitative estimate of drug-likeness (QED) is 0.405. The molecule has 1 aromatic carbocycles. The Morgan fingerprint density at radius 1 is 1.41 bits per heavy atom. The van der Waals surface area contributed by atoms with Crippen LogP contribution in [0.15, 0.2) is 34.0 Å². The van der Waals surface area contributed by atoms with Crippen molar-refractivity contribution in [2.24, 2.45) is 5.10 Å². The molecule has 0 saturated heterocycles. The van der Waals surface area contributed by atoms with Crippen molar-refractivity contribution >= 4 is 17.4 Å². The highest BCUT2D eigenvalue weighted by Crippen LogP contribution is 2.18. The minimum absolute atomic E-state index is 0.00748. The molecule has 0 fully saturated rings. The van der Waals surface area contributed by atoms with Crippen molar-refractivity contribution in [3.8, 4) is 11.6 Å². The second-order valence-corrected chi connectivity index (χ2v) is 5.36. The minimum atomic E-state index is -0.635. The van der Waals surface area contributed by atoms with Gasteiger partial charge in [0, 0.05) is 12.7 Å². The number of carbonyl (C=O) groups excluding carboxylic acids is 1. The second kappa shape index (κ2) is 7.61. The Labute approximate surface area is 152 Å². The van der Waals surface area contributed by atoms with Gasteiger partial charge >= 0.3 is 0 Å². The molecule has 3 rings (SSSR count). The molecule has 4 N–H and O–H groups in total. The van der Waals surface area contributed by atoms with Crippen LogP contribution in [0.4, 0.5) is 5.82 Å². The van der Waals surface area contributed by atoms with Gasteiger partial charge in [0.25, 0.3) is 5.91 Å². The number of para-hydroxylation sites is 1. The number of nitrogens with zero attached hydrogens (tertiary/aromatic N) is 6. The van der Waals surface area contributed by atoms with Gasteiger partial charge in [0.15, 0.2) is 5.69 Å². The van der Waals surface area contributed by atoms with Crippen molar-refractivity contribution < 1.29 is 19.3 Å². The third kappa shape index (κ3) is 3.59. The molecule has 2 aromatic heterocycles. The largest absolute Gasteiger partial charge is 0.507 e. The van der Waals surface area contributed by atoms with E-state index in [0.29, 0.717) is 11.3 Å². The molecule has 1 amide bonds. The van der Waals surface area contributed by atoms with Crippen LogP contribution in [0.5, 0.6) is 5.75 Å². The molecular formula is C15H16N8O4. The highest BCUT2D eigenvalue weighted by molar-refractivity contribution is 6.02. The molecule has 27 heavy (non-hydrogen) atoms. The van der Waals surface area contributed by atoms with E-state index in [1.54, 1.807) is 25.1 Å². The minimum Gasteiger partial charge on any atom is -0.507 e. The van der Waals surface area contributed by atoms with Gasteiger partial charge in [0.05, 0.1) is 12.3 Å². The van der Waals surface area contributed by atoms with Gasteiger partial charge in [0.2, 0.25) is 11.6 Å². The van der Waals surface area contributed by atoms with Crippen molar-refractivity contribution in [1.29, 1.82) is 0 Å². The SMILES string of the molecule is COCc1nnn(-c2nonc2N)c1C(=O)NN=C(C)c1ccccc1O. The molecule has 3 aromatic rings. The van der Waals surface area contributed by atoms with Crippen LogP contribution in [0.25, 0.3) is 5.82 Å². The van der Waals surface area contributed by atoms with Gasteiger partial charge in [-0.25, -0.2) is 10.1 Å². The van der Waals surface area contributed by atoms with Gasteiger partial charge in [-0.2, -0.15) is 9.78 Å². The lowest BCUT2D eigenvalue weighted by molar-refractivity contribution is 0.0941. The van der Waals surface area contributed by atoms with Crippen LogP contribution in [0, 0.1) is 0 Å². The number of aromatic nitrogens is 5. The Bertz CT molecular complexity index is 993. The molecule has 0 saturated carbocycles. The molecular weight excluding hydrogens is 356 g/mol. The summed E-state index contributed by atoms with van der Waals surface area (Å²) < 4.78 is 10.7. The van der Waals surface area contributed by atoms with E-state index < -0.39 is 5.91 Å². The predicted molar refractivity (Wildman–Crippen MR) is 92.1 cm³/mol. The molecule has 0 aliphatic carbocycles. The Balaban J connectivity index is 1.92. The van der Waals surface area contributed by atoms with E-state index in [1.807, 2.05) is 0 Å². The third-order valence-electron chi connectivity index (χ3n) is 3.55. The number of hydrogen-bond donors (Lipinski definition) is 3. The lowest BCUT2D eigenvalue weighted by atomic mass is 10.1. The first kappa shape index (κ1) is 18.0. The second-order valence-electron chi connectivity index (χ2n) is 5.36. The number of anilines is 1. The lowest BCUT2D eigenvalue weighted by Crippen LogP contribution is -2.24. The van der Waals surface area contributed by atoms with E-state index in [-0.39, 0.29) is 35.4 Å². The zero-order valence-corrected chi connectivity index (χ0v) is 14.4.